The van der Waals surface area contributed by atoms with Crippen LogP contribution in [0.4, 0.5) is 0 Å². The van der Waals surface area contributed by atoms with Gasteiger partial charge in [0.05, 0.1) is 12.5 Å². The predicted octanol–water partition coefficient (Wildman–Crippen LogP) is 0.938. The molecule has 1 N–H and O–H groups in total. The van der Waals surface area contributed by atoms with Crippen molar-refractivity contribution in [2.24, 2.45) is 5.92 Å². The first kappa shape index (κ1) is 9.52. The Morgan fingerprint density at radius 2 is 2.17 bits per heavy atom. The minimum Gasteiger partial charge on any atom is -0.381 e. The standard InChI is InChI=1S/C9H17NO2/c1-9(2,3)10-8(11)7-4-5-12-6-7/h7H,4-6H2,1-3H3,(H,10,11). The lowest BCUT2D eigenvalue weighted by atomic mass is 10.0. The van der Waals surface area contributed by atoms with Crippen LogP contribution in [0.5, 0.6) is 0 Å². The Hall–Kier alpha value is -0.570. The number of carbonyl (C=O) groups excluding carboxylic acids is 1. The molecule has 3 nitrogen and oxygen atoms in total. The molecule has 1 unspecified atom stereocenters. The van der Waals surface area contributed by atoms with Gasteiger partial charge in [0, 0.05) is 12.1 Å². The van der Waals surface area contributed by atoms with Gasteiger partial charge in [-0.1, -0.05) is 0 Å². The number of hydrogen-bond donors (Lipinski definition) is 1. The summed E-state index contributed by atoms with van der Waals surface area (Å²) in [6, 6.07) is 0. The maximum atomic E-state index is 11.5. The van der Waals surface area contributed by atoms with Gasteiger partial charge in [0.2, 0.25) is 5.91 Å². The van der Waals surface area contributed by atoms with Crippen LogP contribution < -0.4 is 5.32 Å². The van der Waals surface area contributed by atoms with Crippen LogP contribution in [0.25, 0.3) is 0 Å². The van der Waals surface area contributed by atoms with E-state index in [4.69, 9.17) is 4.74 Å². The monoisotopic (exact) mass is 171 g/mol. The lowest BCUT2D eigenvalue weighted by Gasteiger charge is -2.22. The highest BCUT2D eigenvalue weighted by molar-refractivity contribution is 5.79. The van der Waals surface area contributed by atoms with E-state index >= 15 is 0 Å². The molecule has 0 aromatic rings. The van der Waals surface area contributed by atoms with Crippen molar-refractivity contribution in [3.8, 4) is 0 Å². The molecule has 0 bridgehead atoms. The SMILES string of the molecule is CC(C)(C)NC(=O)C1CCOC1. The molecule has 1 atom stereocenters. The van der Waals surface area contributed by atoms with Crippen molar-refractivity contribution < 1.29 is 9.53 Å². The number of amides is 1. The molecule has 70 valence electrons. The first-order valence-electron chi connectivity index (χ1n) is 4.39. The number of rotatable bonds is 1. The third-order valence-electron chi connectivity index (χ3n) is 1.80. The van der Waals surface area contributed by atoms with Gasteiger partial charge in [0.1, 0.15) is 0 Å². The number of nitrogens with one attached hydrogen (secondary N) is 1. The van der Waals surface area contributed by atoms with Gasteiger partial charge in [-0.05, 0) is 27.2 Å². The van der Waals surface area contributed by atoms with Crippen LogP contribution in [0.1, 0.15) is 27.2 Å². The molecular weight excluding hydrogens is 154 g/mol. The number of hydrogen-bond acceptors (Lipinski definition) is 2. The van der Waals surface area contributed by atoms with Crippen molar-refractivity contribution in [2.45, 2.75) is 32.7 Å². The maximum absolute atomic E-state index is 11.5. The van der Waals surface area contributed by atoms with E-state index < -0.39 is 0 Å². The lowest BCUT2D eigenvalue weighted by molar-refractivity contribution is -0.126. The number of ether oxygens (including phenoxy) is 1. The van der Waals surface area contributed by atoms with Crippen LogP contribution in [0.2, 0.25) is 0 Å². The van der Waals surface area contributed by atoms with Gasteiger partial charge in [0.25, 0.3) is 0 Å². The minimum atomic E-state index is -0.125. The summed E-state index contributed by atoms with van der Waals surface area (Å²) in [6.45, 7) is 7.27. The van der Waals surface area contributed by atoms with Crippen LogP contribution in [0, 0.1) is 5.92 Å². The quantitative estimate of drug-likeness (QED) is 0.637. The van der Waals surface area contributed by atoms with Gasteiger partial charge in [-0.2, -0.15) is 0 Å². The molecule has 1 aliphatic heterocycles. The summed E-state index contributed by atoms with van der Waals surface area (Å²) in [5, 5.41) is 2.94. The zero-order valence-corrected chi connectivity index (χ0v) is 8.02. The molecule has 0 saturated carbocycles. The normalized spacial score (nSPS) is 24.1. The maximum Gasteiger partial charge on any atom is 0.225 e. The summed E-state index contributed by atoms with van der Waals surface area (Å²) < 4.78 is 5.13. The van der Waals surface area contributed by atoms with Gasteiger partial charge in [0.15, 0.2) is 0 Å². The fourth-order valence-corrected chi connectivity index (χ4v) is 1.21. The van der Waals surface area contributed by atoms with E-state index in [-0.39, 0.29) is 17.4 Å². The highest BCUT2D eigenvalue weighted by Gasteiger charge is 2.26. The van der Waals surface area contributed by atoms with E-state index in [1.54, 1.807) is 0 Å². The third-order valence-corrected chi connectivity index (χ3v) is 1.80. The Morgan fingerprint density at radius 3 is 2.58 bits per heavy atom. The third kappa shape index (κ3) is 2.81. The van der Waals surface area contributed by atoms with Gasteiger partial charge >= 0.3 is 0 Å². The Balaban J connectivity index is 2.37. The van der Waals surface area contributed by atoms with Crippen LogP contribution in [0.15, 0.2) is 0 Å². The van der Waals surface area contributed by atoms with Gasteiger partial charge < -0.3 is 10.1 Å². The zero-order valence-electron chi connectivity index (χ0n) is 8.02. The second kappa shape index (κ2) is 3.44. The molecule has 0 aromatic heterocycles. The summed E-state index contributed by atoms with van der Waals surface area (Å²) in [6.07, 6.45) is 0.863. The van der Waals surface area contributed by atoms with E-state index in [0.29, 0.717) is 6.61 Å². The van der Waals surface area contributed by atoms with Crippen molar-refractivity contribution in [3.63, 3.8) is 0 Å². The largest absolute Gasteiger partial charge is 0.381 e. The molecule has 1 saturated heterocycles. The number of carbonyl (C=O) groups is 1. The molecular formula is C9H17NO2. The zero-order chi connectivity index (χ0) is 9.19. The molecule has 1 heterocycles. The van der Waals surface area contributed by atoms with Crippen molar-refractivity contribution in [1.29, 1.82) is 0 Å². The molecule has 3 heteroatoms. The van der Waals surface area contributed by atoms with Crippen LogP contribution in [-0.4, -0.2) is 24.7 Å². The molecule has 0 aromatic carbocycles. The Morgan fingerprint density at radius 1 is 1.50 bits per heavy atom. The smallest absolute Gasteiger partial charge is 0.225 e. The minimum absolute atomic E-state index is 0.0734. The topological polar surface area (TPSA) is 38.3 Å². The van der Waals surface area contributed by atoms with Gasteiger partial charge in [-0.3, -0.25) is 4.79 Å². The summed E-state index contributed by atoms with van der Waals surface area (Å²) in [4.78, 5) is 11.5. The molecule has 1 fully saturated rings. The van der Waals surface area contributed by atoms with Crippen LogP contribution in [0.3, 0.4) is 0 Å². The van der Waals surface area contributed by atoms with Crippen molar-refractivity contribution in [2.75, 3.05) is 13.2 Å². The molecule has 0 radical (unpaired) electrons. The van der Waals surface area contributed by atoms with Crippen LogP contribution in [-0.2, 0) is 9.53 Å². The van der Waals surface area contributed by atoms with Gasteiger partial charge in [-0.15, -0.1) is 0 Å². The Kier molecular flexibility index (Phi) is 2.73. The highest BCUT2D eigenvalue weighted by atomic mass is 16.5. The van der Waals surface area contributed by atoms with Crippen molar-refractivity contribution >= 4 is 5.91 Å². The van der Waals surface area contributed by atoms with Crippen molar-refractivity contribution in [1.82, 2.24) is 5.32 Å². The first-order valence-corrected chi connectivity index (χ1v) is 4.39. The Bertz CT molecular complexity index is 166. The van der Waals surface area contributed by atoms with E-state index in [1.165, 1.54) is 0 Å². The van der Waals surface area contributed by atoms with Crippen LogP contribution >= 0.6 is 0 Å². The average molecular weight is 171 g/mol. The average Bonchev–Trinajstić information content (AvgIpc) is 2.32. The van der Waals surface area contributed by atoms with Gasteiger partial charge in [-0.25, -0.2) is 0 Å². The lowest BCUT2D eigenvalue weighted by Crippen LogP contribution is -2.44. The summed E-state index contributed by atoms with van der Waals surface area (Å²) >= 11 is 0. The molecule has 1 aliphatic rings. The highest BCUT2D eigenvalue weighted by Crippen LogP contribution is 2.13. The first-order chi connectivity index (χ1) is 5.49. The summed E-state index contributed by atoms with van der Waals surface area (Å²) in [7, 11) is 0. The predicted molar refractivity (Wildman–Crippen MR) is 46.8 cm³/mol. The van der Waals surface area contributed by atoms with E-state index in [0.717, 1.165) is 13.0 Å². The van der Waals surface area contributed by atoms with Crippen molar-refractivity contribution in [3.05, 3.63) is 0 Å². The Labute approximate surface area is 73.5 Å². The second-order valence-corrected chi connectivity index (χ2v) is 4.30. The summed E-state index contributed by atoms with van der Waals surface area (Å²) in [5.74, 6) is 0.198. The molecule has 1 amide bonds. The molecule has 0 spiro atoms. The summed E-state index contributed by atoms with van der Waals surface area (Å²) in [5.41, 5.74) is -0.125. The van der Waals surface area contributed by atoms with E-state index in [2.05, 4.69) is 5.32 Å². The fourth-order valence-electron chi connectivity index (χ4n) is 1.21. The van der Waals surface area contributed by atoms with E-state index in [9.17, 15) is 4.79 Å². The molecule has 0 aliphatic carbocycles. The molecule has 12 heavy (non-hydrogen) atoms. The fraction of sp³-hybridized carbons (Fsp3) is 0.889. The molecule has 1 rings (SSSR count). The van der Waals surface area contributed by atoms with E-state index in [1.807, 2.05) is 20.8 Å². The second-order valence-electron chi connectivity index (χ2n) is 4.30.